The van der Waals surface area contributed by atoms with Crippen molar-refractivity contribution in [2.75, 3.05) is 12.4 Å². The largest absolute Gasteiger partial charge is 0.386 e. The molecule has 1 aromatic carbocycles. The summed E-state index contributed by atoms with van der Waals surface area (Å²) in [5.74, 6) is -1.33. The molecule has 0 radical (unpaired) electrons. The van der Waals surface area contributed by atoms with Crippen molar-refractivity contribution < 1.29 is 14.1 Å². The number of nitrogens with zero attached hydrogens (tertiary/aromatic N) is 1. The van der Waals surface area contributed by atoms with Gasteiger partial charge in [0.1, 0.15) is 5.56 Å². The minimum atomic E-state index is -0.764. The standard InChI is InChI=1S/C14H20FN3O3/c1-4-5-6-9(2)17-14(19)10-7-12(16-3)11(15)8-13(10)18(20)21/h7-9,16H,4-6H2,1-3H3,(H,17,19). The van der Waals surface area contributed by atoms with E-state index in [2.05, 4.69) is 10.6 Å². The fourth-order valence-corrected chi connectivity index (χ4v) is 1.97. The predicted molar refractivity (Wildman–Crippen MR) is 79.1 cm³/mol. The summed E-state index contributed by atoms with van der Waals surface area (Å²) < 4.78 is 13.6. The van der Waals surface area contributed by atoms with Crippen LogP contribution in [0, 0.1) is 15.9 Å². The first-order valence-electron chi connectivity index (χ1n) is 6.87. The summed E-state index contributed by atoms with van der Waals surface area (Å²) >= 11 is 0. The number of hydrogen-bond acceptors (Lipinski definition) is 4. The molecule has 0 spiro atoms. The van der Waals surface area contributed by atoms with Crippen LogP contribution in [0.5, 0.6) is 0 Å². The highest BCUT2D eigenvalue weighted by atomic mass is 19.1. The van der Waals surface area contributed by atoms with Gasteiger partial charge in [0.2, 0.25) is 0 Å². The SMILES string of the molecule is CCCCC(C)NC(=O)c1cc(NC)c(F)cc1[N+](=O)[O-]. The zero-order valence-electron chi connectivity index (χ0n) is 12.4. The van der Waals surface area contributed by atoms with Gasteiger partial charge < -0.3 is 10.6 Å². The Labute approximate surface area is 122 Å². The van der Waals surface area contributed by atoms with E-state index in [1.54, 1.807) is 0 Å². The first kappa shape index (κ1) is 16.9. The highest BCUT2D eigenvalue weighted by Crippen LogP contribution is 2.26. The van der Waals surface area contributed by atoms with Crippen LogP contribution in [-0.2, 0) is 0 Å². The molecular weight excluding hydrogens is 277 g/mol. The van der Waals surface area contributed by atoms with Crippen molar-refractivity contribution >= 4 is 17.3 Å². The molecule has 0 aliphatic rings. The lowest BCUT2D eigenvalue weighted by molar-refractivity contribution is -0.385. The molecule has 1 unspecified atom stereocenters. The van der Waals surface area contributed by atoms with Gasteiger partial charge in [-0.3, -0.25) is 14.9 Å². The van der Waals surface area contributed by atoms with E-state index in [-0.39, 0.29) is 17.3 Å². The molecular formula is C14H20FN3O3. The fraction of sp³-hybridized carbons (Fsp3) is 0.500. The summed E-state index contributed by atoms with van der Waals surface area (Å²) in [6, 6.07) is 1.83. The number of hydrogen-bond donors (Lipinski definition) is 2. The van der Waals surface area contributed by atoms with Crippen molar-refractivity contribution in [2.24, 2.45) is 0 Å². The number of rotatable bonds is 7. The van der Waals surface area contributed by atoms with Crippen LogP contribution in [0.3, 0.4) is 0 Å². The minimum Gasteiger partial charge on any atom is -0.386 e. The summed E-state index contributed by atoms with van der Waals surface area (Å²) in [5.41, 5.74) is -0.632. The molecule has 1 amide bonds. The topological polar surface area (TPSA) is 84.3 Å². The highest BCUT2D eigenvalue weighted by molar-refractivity contribution is 5.99. The van der Waals surface area contributed by atoms with Crippen LogP contribution in [0.15, 0.2) is 12.1 Å². The van der Waals surface area contributed by atoms with Gasteiger partial charge in [0.25, 0.3) is 11.6 Å². The monoisotopic (exact) mass is 297 g/mol. The maximum absolute atomic E-state index is 13.6. The Hall–Kier alpha value is -2.18. The van der Waals surface area contributed by atoms with E-state index < -0.39 is 22.3 Å². The Morgan fingerprint density at radius 3 is 2.67 bits per heavy atom. The van der Waals surface area contributed by atoms with E-state index in [0.717, 1.165) is 31.4 Å². The van der Waals surface area contributed by atoms with Gasteiger partial charge in [-0.05, 0) is 19.4 Å². The summed E-state index contributed by atoms with van der Waals surface area (Å²) in [4.78, 5) is 22.4. The van der Waals surface area contributed by atoms with Crippen LogP contribution < -0.4 is 10.6 Å². The van der Waals surface area contributed by atoms with Gasteiger partial charge in [-0.15, -0.1) is 0 Å². The van der Waals surface area contributed by atoms with Gasteiger partial charge in [0, 0.05) is 13.1 Å². The Balaban J connectivity index is 3.04. The lowest BCUT2D eigenvalue weighted by Gasteiger charge is -2.14. The van der Waals surface area contributed by atoms with Crippen LogP contribution in [0.4, 0.5) is 15.8 Å². The van der Waals surface area contributed by atoms with Crippen LogP contribution in [0.25, 0.3) is 0 Å². The van der Waals surface area contributed by atoms with E-state index in [9.17, 15) is 19.3 Å². The van der Waals surface area contributed by atoms with E-state index >= 15 is 0 Å². The van der Waals surface area contributed by atoms with E-state index in [1.165, 1.54) is 7.05 Å². The molecule has 1 rings (SSSR count). The molecule has 0 fully saturated rings. The Morgan fingerprint density at radius 1 is 1.48 bits per heavy atom. The molecule has 0 saturated carbocycles. The molecule has 1 aromatic rings. The van der Waals surface area contributed by atoms with Gasteiger partial charge in [0.05, 0.1) is 16.7 Å². The number of nitrogens with one attached hydrogen (secondary N) is 2. The van der Waals surface area contributed by atoms with Gasteiger partial charge >= 0.3 is 0 Å². The number of carbonyl (C=O) groups excluding carboxylic acids is 1. The summed E-state index contributed by atoms with van der Waals surface area (Å²) in [6.45, 7) is 3.88. The molecule has 6 nitrogen and oxygen atoms in total. The van der Waals surface area contributed by atoms with E-state index in [1.807, 2.05) is 13.8 Å². The number of carbonyl (C=O) groups is 1. The summed E-state index contributed by atoms with van der Waals surface area (Å²) in [7, 11) is 1.48. The average Bonchev–Trinajstić information content (AvgIpc) is 2.44. The van der Waals surface area contributed by atoms with Crippen molar-refractivity contribution in [3.8, 4) is 0 Å². The molecule has 21 heavy (non-hydrogen) atoms. The van der Waals surface area contributed by atoms with Gasteiger partial charge in [-0.25, -0.2) is 4.39 Å². The van der Waals surface area contributed by atoms with Crippen LogP contribution >= 0.6 is 0 Å². The molecule has 0 bridgehead atoms. The van der Waals surface area contributed by atoms with Crippen molar-refractivity contribution in [1.29, 1.82) is 0 Å². The van der Waals surface area contributed by atoms with Crippen molar-refractivity contribution in [3.63, 3.8) is 0 Å². The zero-order chi connectivity index (χ0) is 16.0. The van der Waals surface area contributed by atoms with Gasteiger partial charge in [-0.1, -0.05) is 19.8 Å². The lowest BCUT2D eigenvalue weighted by atomic mass is 10.1. The van der Waals surface area contributed by atoms with Crippen molar-refractivity contribution in [2.45, 2.75) is 39.2 Å². The minimum absolute atomic E-state index is 0.0481. The van der Waals surface area contributed by atoms with Gasteiger partial charge in [0.15, 0.2) is 5.82 Å². The first-order chi connectivity index (χ1) is 9.90. The smallest absolute Gasteiger partial charge is 0.285 e. The number of nitro benzene ring substituents is 1. The van der Waals surface area contributed by atoms with Crippen LogP contribution in [0.1, 0.15) is 43.5 Å². The lowest BCUT2D eigenvalue weighted by Crippen LogP contribution is -2.33. The van der Waals surface area contributed by atoms with E-state index in [4.69, 9.17) is 0 Å². The molecule has 0 heterocycles. The molecule has 0 aromatic heterocycles. The zero-order valence-corrected chi connectivity index (χ0v) is 12.4. The molecule has 7 heteroatoms. The third kappa shape index (κ3) is 4.40. The normalized spacial score (nSPS) is 11.8. The summed E-state index contributed by atoms with van der Waals surface area (Å²) in [6.07, 6.45) is 2.74. The number of nitro groups is 1. The molecule has 0 saturated heterocycles. The number of amides is 1. The summed E-state index contributed by atoms with van der Waals surface area (Å²) in [5, 5.41) is 16.2. The second-order valence-corrected chi connectivity index (χ2v) is 4.87. The molecule has 116 valence electrons. The molecule has 2 N–H and O–H groups in total. The first-order valence-corrected chi connectivity index (χ1v) is 6.87. The maximum atomic E-state index is 13.6. The predicted octanol–water partition coefficient (Wildman–Crippen LogP) is 3.08. The third-order valence-electron chi connectivity index (χ3n) is 3.16. The second-order valence-electron chi connectivity index (χ2n) is 4.87. The molecule has 0 aliphatic carbocycles. The Morgan fingerprint density at radius 2 is 2.14 bits per heavy atom. The number of anilines is 1. The Bertz CT molecular complexity index is 534. The quantitative estimate of drug-likeness (QED) is 0.598. The highest BCUT2D eigenvalue weighted by Gasteiger charge is 2.24. The van der Waals surface area contributed by atoms with Gasteiger partial charge in [-0.2, -0.15) is 0 Å². The number of unbranched alkanes of at least 4 members (excludes halogenated alkanes) is 1. The average molecular weight is 297 g/mol. The maximum Gasteiger partial charge on any atom is 0.285 e. The fourth-order valence-electron chi connectivity index (χ4n) is 1.97. The van der Waals surface area contributed by atoms with E-state index in [0.29, 0.717) is 0 Å². The van der Waals surface area contributed by atoms with Crippen LogP contribution in [-0.4, -0.2) is 23.9 Å². The number of benzene rings is 1. The number of halogens is 1. The third-order valence-corrected chi connectivity index (χ3v) is 3.16. The van der Waals surface area contributed by atoms with Crippen molar-refractivity contribution in [1.82, 2.24) is 5.32 Å². The van der Waals surface area contributed by atoms with Crippen LogP contribution in [0.2, 0.25) is 0 Å². The second kappa shape index (κ2) is 7.56. The van der Waals surface area contributed by atoms with Crippen molar-refractivity contribution in [3.05, 3.63) is 33.6 Å². The Kier molecular flexibility index (Phi) is 6.08. The molecule has 0 aliphatic heterocycles. The molecule has 1 atom stereocenters.